The third-order valence-electron chi connectivity index (χ3n) is 8.25. The van der Waals surface area contributed by atoms with Gasteiger partial charge in [0.2, 0.25) is 0 Å². The number of pyridine rings is 1. The molecule has 9 heteroatoms. The SMILES string of the molecule is Cn1nc(C(=O)NC2CCCCC2)c2ccc(N3C4CCC3COC4)nc21.NCCC1CCOCC1. The number of nitrogens with zero attached hydrogens (tertiary/aromatic N) is 4. The van der Waals surface area contributed by atoms with E-state index in [1.54, 1.807) is 4.68 Å². The van der Waals surface area contributed by atoms with E-state index in [2.05, 4.69) is 15.3 Å². The maximum atomic E-state index is 12.8. The Balaban J connectivity index is 0.000000252. The van der Waals surface area contributed by atoms with Gasteiger partial charge in [-0.05, 0) is 69.5 Å². The maximum Gasteiger partial charge on any atom is 0.272 e. The molecule has 2 atom stereocenters. The number of carbonyl (C=O) groups is 1. The number of hydrogen-bond donors (Lipinski definition) is 2. The number of rotatable bonds is 5. The molecule has 0 aromatic carbocycles. The van der Waals surface area contributed by atoms with Gasteiger partial charge in [0, 0.05) is 26.3 Å². The second-order valence-electron chi connectivity index (χ2n) is 10.8. The smallest absolute Gasteiger partial charge is 0.272 e. The molecule has 0 radical (unpaired) electrons. The molecule has 1 saturated carbocycles. The molecule has 4 fully saturated rings. The summed E-state index contributed by atoms with van der Waals surface area (Å²) in [5.74, 6) is 1.75. The van der Waals surface area contributed by atoms with E-state index in [9.17, 15) is 4.79 Å². The molecule has 1 amide bonds. The summed E-state index contributed by atoms with van der Waals surface area (Å²) in [6, 6.07) is 5.15. The Morgan fingerprint density at radius 1 is 1.03 bits per heavy atom. The van der Waals surface area contributed by atoms with Crippen molar-refractivity contribution < 1.29 is 14.3 Å². The van der Waals surface area contributed by atoms with Crippen LogP contribution in [0.4, 0.5) is 5.82 Å². The number of amides is 1. The largest absolute Gasteiger partial charge is 0.381 e. The second kappa shape index (κ2) is 11.9. The van der Waals surface area contributed by atoms with Crippen molar-refractivity contribution in [3.8, 4) is 0 Å². The molecule has 3 N–H and O–H groups in total. The molecular weight excluding hydrogens is 456 g/mol. The fourth-order valence-electron chi connectivity index (χ4n) is 6.21. The molecule has 1 aliphatic carbocycles. The van der Waals surface area contributed by atoms with Crippen molar-refractivity contribution >= 4 is 22.8 Å². The number of carbonyl (C=O) groups excluding carboxylic acids is 1. The lowest BCUT2D eigenvalue weighted by molar-refractivity contribution is 0.0646. The van der Waals surface area contributed by atoms with Crippen molar-refractivity contribution in [3.63, 3.8) is 0 Å². The first kappa shape index (κ1) is 25.4. The number of ether oxygens (including phenoxy) is 2. The molecule has 9 nitrogen and oxygen atoms in total. The molecule has 0 spiro atoms. The zero-order valence-corrected chi connectivity index (χ0v) is 21.7. The van der Waals surface area contributed by atoms with E-state index in [0.717, 1.165) is 81.4 Å². The van der Waals surface area contributed by atoms with E-state index in [-0.39, 0.29) is 11.9 Å². The molecule has 2 bridgehead atoms. The Labute approximate surface area is 214 Å². The maximum absolute atomic E-state index is 12.8. The lowest BCUT2D eigenvalue weighted by Crippen LogP contribution is -2.46. The molecule has 2 aromatic heterocycles. The van der Waals surface area contributed by atoms with E-state index in [4.69, 9.17) is 20.2 Å². The summed E-state index contributed by atoms with van der Waals surface area (Å²) in [7, 11) is 1.87. The fraction of sp³-hybridized carbons (Fsp3) is 0.741. The van der Waals surface area contributed by atoms with Crippen molar-refractivity contribution in [2.24, 2.45) is 18.7 Å². The standard InChI is InChI=1S/C20H27N5O2.C7H15NO/c1-24-19-16(18(23-24)20(26)21-13-5-3-2-4-6-13)9-10-17(22-19)25-14-7-8-15(25)12-27-11-14;8-4-1-7-2-5-9-6-3-7/h9-10,13-15H,2-8,11-12H2,1H3,(H,21,26);7H,1-6,8H2. The molecular formula is C27H42N6O3. The second-order valence-corrected chi connectivity index (χ2v) is 10.8. The van der Waals surface area contributed by atoms with Crippen LogP contribution < -0.4 is 16.0 Å². The van der Waals surface area contributed by atoms with Crippen molar-refractivity contribution in [3.05, 3.63) is 17.8 Å². The third kappa shape index (κ3) is 5.68. The van der Waals surface area contributed by atoms with Crippen LogP contribution >= 0.6 is 0 Å². The highest BCUT2D eigenvalue weighted by molar-refractivity contribution is 6.04. The van der Waals surface area contributed by atoms with Gasteiger partial charge in [-0.25, -0.2) is 9.67 Å². The Kier molecular flexibility index (Phi) is 8.39. The fourth-order valence-corrected chi connectivity index (χ4v) is 6.21. The van der Waals surface area contributed by atoms with Crippen LogP contribution in [0.25, 0.3) is 11.0 Å². The molecule has 3 aliphatic heterocycles. The van der Waals surface area contributed by atoms with Crippen LogP contribution in [0, 0.1) is 5.92 Å². The van der Waals surface area contributed by atoms with Crippen LogP contribution in [0.1, 0.15) is 74.7 Å². The Hall–Kier alpha value is -2.23. The van der Waals surface area contributed by atoms with Gasteiger partial charge in [0.15, 0.2) is 11.3 Å². The summed E-state index contributed by atoms with van der Waals surface area (Å²) >= 11 is 0. The Morgan fingerprint density at radius 3 is 2.44 bits per heavy atom. The Morgan fingerprint density at radius 2 is 1.75 bits per heavy atom. The van der Waals surface area contributed by atoms with Crippen LogP contribution in [-0.4, -0.2) is 71.8 Å². The highest BCUT2D eigenvalue weighted by Gasteiger charge is 2.38. The molecule has 2 aromatic rings. The molecule has 3 saturated heterocycles. The van der Waals surface area contributed by atoms with Gasteiger partial charge in [-0.3, -0.25) is 4.79 Å². The third-order valence-corrected chi connectivity index (χ3v) is 8.25. The predicted molar refractivity (Wildman–Crippen MR) is 140 cm³/mol. The molecule has 6 rings (SSSR count). The number of aromatic nitrogens is 3. The number of fused-ring (bicyclic) bond motifs is 3. The van der Waals surface area contributed by atoms with Crippen molar-refractivity contribution in [2.45, 2.75) is 82.3 Å². The van der Waals surface area contributed by atoms with Crippen molar-refractivity contribution in [2.75, 3.05) is 37.9 Å². The Bertz CT molecular complexity index is 996. The molecule has 4 aliphatic rings. The predicted octanol–water partition coefficient (Wildman–Crippen LogP) is 3.16. The number of hydrogen-bond acceptors (Lipinski definition) is 7. The number of nitrogens with one attached hydrogen (secondary N) is 1. The zero-order chi connectivity index (χ0) is 24.9. The van der Waals surface area contributed by atoms with Gasteiger partial charge in [-0.15, -0.1) is 0 Å². The zero-order valence-electron chi connectivity index (χ0n) is 21.7. The van der Waals surface area contributed by atoms with Gasteiger partial charge in [0.25, 0.3) is 5.91 Å². The normalized spacial score (nSPS) is 25.0. The van der Waals surface area contributed by atoms with Crippen LogP contribution in [0.3, 0.4) is 0 Å². The molecule has 198 valence electrons. The van der Waals surface area contributed by atoms with E-state index in [1.807, 2.05) is 19.2 Å². The van der Waals surface area contributed by atoms with Crippen LogP contribution in [0.15, 0.2) is 12.1 Å². The van der Waals surface area contributed by atoms with E-state index in [0.29, 0.717) is 17.8 Å². The number of nitrogens with two attached hydrogens (primary N) is 1. The van der Waals surface area contributed by atoms with Crippen LogP contribution in [-0.2, 0) is 16.5 Å². The quantitative estimate of drug-likeness (QED) is 0.652. The minimum atomic E-state index is -0.0755. The number of morpholine rings is 1. The summed E-state index contributed by atoms with van der Waals surface area (Å²) < 4.78 is 12.6. The van der Waals surface area contributed by atoms with Gasteiger partial charge in [-0.1, -0.05) is 19.3 Å². The molecule has 5 heterocycles. The van der Waals surface area contributed by atoms with E-state index >= 15 is 0 Å². The van der Waals surface area contributed by atoms with E-state index < -0.39 is 0 Å². The lowest BCUT2D eigenvalue weighted by atomic mass is 9.95. The summed E-state index contributed by atoms with van der Waals surface area (Å²) in [4.78, 5) is 20.1. The molecule has 2 unspecified atom stereocenters. The lowest BCUT2D eigenvalue weighted by Gasteiger charge is -2.35. The highest BCUT2D eigenvalue weighted by Crippen LogP contribution is 2.34. The summed E-state index contributed by atoms with van der Waals surface area (Å²) in [6.45, 7) is 4.29. The van der Waals surface area contributed by atoms with Gasteiger partial charge in [0.1, 0.15) is 5.82 Å². The number of anilines is 1. The van der Waals surface area contributed by atoms with Gasteiger partial charge in [0.05, 0.1) is 30.7 Å². The minimum Gasteiger partial charge on any atom is -0.381 e. The minimum absolute atomic E-state index is 0.0755. The average molecular weight is 499 g/mol. The van der Waals surface area contributed by atoms with Gasteiger partial charge in [-0.2, -0.15) is 5.10 Å². The highest BCUT2D eigenvalue weighted by atomic mass is 16.5. The summed E-state index contributed by atoms with van der Waals surface area (Å²) in [5, 5.41) is 8.50. The summed E-state index contributed by atoms with van der Waals surface area (Å²) in [6.07, 6.45) is 11.7. The molecule has 36 heavy (non-hydrogen) atoms. The van der Waals surface area contributed by atoms with Crippen LogP contribution in [0.2, 0.25) is 0 Å². The number of aryl methyl sites for hydroxylation is 1. The van der Waals surface area contributed by atoms with Gasteiger partial charge < -0.3 is 25.4 Å². The first-order chi connectivity index (χ1) is 17.6. The van der Waals surface area contributed by atoms with Crippen molar-refractivity contribution in [1.82, 2.24) is 20.1 Å². The van der Waals surface area contributed by atoms with Gasteiger partial charge >= 0.3 is 0 Å². The average Bonchev–Trinajstić information content (AvgIpc) is 3.37. The summed E-state index contributed by atoms with van der Waals surface area (Å²) in [5.41, 5.74) is 6.68. The van der Waals surface area contributed by atoms with Crippen molar-refractivity contribution in [1.29, 1.82) is 0 Å². The van der Waals surface area contributed by atoms with Crippen LogP contribution in [0.5, 0.6) is 0 Å². The first-order valence-corrected chi connectivity index (χ1v) is 13.9. The monoisotopic (exact) mass is 498 g/mol. The first-order valence-electron chi connectivity index (χ1n) is 13.9. The topological polar surface area (TPSA) is 108 Å². The van der Waals surface area contributed by atoms with E-state index in [1.165, 1.54) is 38.5 Å².